The van der Waals surface area contributed by atoms with Gasteiger partial charge in [-0.15, -0.1) is 0 Å². The standard InChI is InChI=1S/C16H26N2O/c1-12-7-13(2)9-14(8-12)10-18(6)11-15(19)17-16(3,4)5/h7-9H,10-11H2,1-6H3,(H,17,19). The SMILES string of the molecule is Cc1cc(C)cc(CN(C)CC(=O)NC(C)(C)C)c1. The fraction of sp³-hybridized carbons (Fsp3) is 0.562. The zero-order valence-corrected chi connectivity index (χ0v) is 13.0. The van der Waals surface area contributed by atoms with Crippen LogP contribution in [-0.2, 0) is 11.3 Å². The number of rotatable bonds is 4. The van der Waals surface area contributed by atoms with Crippen LogP contribution in [0.2, 0.25) is 0 Å². The first-order valence-corrected chi connectivity index (χ1v) is 6.72. The van der Waals surface area contributed by atoms with Crippen LogP contribution in [0.3, 0.4) is 0 Å². The second-order valence-corrected chi connectivity index (χ2v) is 6.47. The van der Waals surface area contributed by atoms with Gasteiger partial charge in [0, 0.05) is 12.1 Å². The largest absolute Gasteiger partial charge is 0.350 e. The highest BCUT2D eigenvalue weighted by Gasteiger charge is 2.15. The van der Waals surface area contributed by atoms with Crippen molar-refractivity contribution in [3.8, 4) is 0 Å². The maximum absolute atomic E-state index is 11.8. The van der Waals surface area contributed by atoms with E-state index >= 15 is 0 Å². The second-order valence-electron chi connectivity index (χ2n) is 6.47. The normalized spacial score (nSPS) is 11.7. The highest BCUT2D eigenvalue weighted by atomic mass is 16.2. The second kappa shape index (κ2) is 6.20. The number of aryl methyl sites for hydroxylation is 2. The van der Waals surface area contributed by atoms with Crippen LogP contribution in [0.15, 0.2) is 18.2 Å². The number of nitrogens with zero attached hydrogens (tertiary/aromatic N) is 1. The van der Waals surface area contributed by atoms with Gasteiger partial charge in [0.1, 0.15) is 0 Å². The summed E-state index contributed by atoms with van der Waals surface area (Å²) in [5, 5.41) is 2.98. The van der Waals surface area contributed by atoms with Crippen molar-refractivity contribution in [2.45, 2.75) is 46.7 Å². The van der Waals surface area contributed by atoms with E-state index in [0.29, 0.717) is 6.54 Å². The molecule has 0 unspecified atom stereocenters. The summed E-state index contributed by atoms with van der Waals surface area (Å²) in [5.74, 6) is 0.0689. The molecule has 0 fully saturated rings. The molecule has 1 rings (SSSR count). The first-order chi connectivity index (χ1) is 8.65. The quantitative estimate of drug-likeness (QED) is 0.904. The lowest BCUT2D eigenvalue weighted by Gasteiger charge is -2.23. The van der Waals surface area contributed by atoms with Crippen LogP contribution >= 0.6 is 0 Å². The third-order valence-corrected chi connectivity index (χ3v) is 2.66. The number of carbonyl (C=O) groups is 1. The molecule has 19 heavy (non-hydrogen) atoms. The molecule has 1 amide bonds. The zero-order chi connectivity index (χ0) is 14.6. The summed E-state index contributed by atoms with van der Waals surface area (Å²) in [6.07, 6.45) is 0. The van der Waals surface area contributed by atoms with Gasteiger partial charge in [-0.1, -0.05) is 29.3 Å². The van der Waals surface area contributed by atoms with Crippen LogP contribution in [0.25, 0.3) is 0 Å². The summed E-state index contributed by atoms with van der Waals surface area (Å²) in [4.78, 5) is 13.9. The van der Waals surface area contributed by atoms with Crippen LogP contribution in [0, 0.1) is 13.8 Å². The lowest BCUT2D eigenvalue weighted by atomic mass is 10.1. The summed E-state index contributed by atoms with van der Waals surface area (Å²) in [6, 6.07) is 6.51. The van der Waals surface area contributed by atoms with Crippen LogP contribution in [-0.4, -0.2) is 29.9 Å². The van der Waals surface area contributed by atoms with Gasteiger partial charge in [-0.2, -0.15) is 0 Å². The Bertz CT molecular complexity index is 426. The molecule has 0 heterocycles. The molecule has 0 atom stereocenters. The average molecular weight is 262 g/mol. The smallest absolute Gasteiger partial charge is 0.234 e. The molecular formula is C16H26N2O. The Morgan fingerprint density at radius 1 is 1.16 bits per heavy atom. The number of benzene rings is 1. The van der Waals surface area contributed by atoms with E-state index in [1.54, 1.807) is 0 Å². The van der Waals surface area contributed by atoms with Crippen molar-refractivity contribution >= 4 is 5.91 Å². The molecule has 106 valence electrons. The minimum absolute atomic E-state index is 0.0689. The molecule has 0 aliphatic rings. The Balaban J connectivity index is 2.55. The Kier molecular flexibility index (Phi) is 5.12. The molecule has 0 aromatic heterocycles. The van der Waals surface area contributed by atoms with Gasteiger partial charge in [0.15, 0.2) is 0 Å². The van der Waals surface area contributed by atoms with Gasteiger partial charge in [-0.25, -0.2) is 0 Å². The Hall–Kier alpha value is -1.35. The maximum Gasteiger partial charge on any atom is 0.234 e. The van der Waals surface area contributed by atoms with Crippen molar-refractivity contribution < 1.29 is 4.79 Å². The molecule has 3 heteroatoms. The maximum atomic E-state index is 11.8. The average Bonchev–Trinajstić information content (AvgIpc) is 2.10. The fourth-order valence-electron chi connectivity index (χ4n) is 2.23. The Labute approximate surface area is 117 Å². The van der Waals surface area contributed by atoms with Gasteiger partial charge in [0.05, 0.1) is 6.54 Å². The monoisotopic (exact) mass is 262 g/mol. The van der Waals surface area contributed by atoms with Gasteiger partial charge in [-0.3, -0.25) is 9.69 Å². The third kappa shape index (κ3) is 6.39. The number of carbonyl (C=O) groups excluding carboxylic acids is 1. The van der Waals surface area contributed by atoms with Crippen LogP contribution in [0.5, 0.6) is 0 Å². The van der Waals surface area contributed by atoms with E-state index in [2.05, 4.69) is 37.4 Å². The molecule has 0 saturated carbocycles. The van der Waals surface area contributed by atoms with Gasteiger partial charge in [0.2, 0.25) is 5.91 Å². The van der Waals surface area contributed by atoms with Gasteiger partial charge >= 0.3 is 0 Å². The summed E-state index contributed by atoms with van der Waals surface area (Å²) in [6.45, 7) is 11.4. The molecule has 0 spiro atoms. The molecular weight excluding hydrogens is 236 g/mol. The van der Waals surface area contributed by atoms with Crippen LogP contribution in [0.1, 0.15) is 37.5 Å². The summed E-state index contributed by atoms with van der Waals surface area (Å²) >= 11 is 0. The molecule has 0 saturated heterocycles. The van der Waals surface area contributed by atoms with Crippen molar-refractivity contribution in [1.82, 2.24) is 10.2 Å². The molecule has 1 aromatic rings. The van der Waals surface area contributed by atoms with Crippen molar-refractivity contribution in [2.75, 3.05) is 13.6 Å². The lowest BCUT2D eigenvalue weighted by Crippen LogP contribution is -2.45. The van der Waals surface area contributed by atoms with Gasteiger partial charge in [-0.05, 0) is 47.2 Å². The molecule has 3 nitrogen and oxygen atoms in total. The molecule has 1 N–H and O–H groups in total. The summed E-state index contributed by atoms with van der Waals surface area (Å²) in [5.41, 5.74) is 3.62. The van der Waals surface area contributed by atoms with E-state index in [-0.39, 0.29) is 11.4 Å². The Morgan fingerprint density at radius 3 is 2.16 bits per heavy atom. The predicted molar refractivity (Wildman–Crippen MR) is 80.1 cm³/mol. The number of hydrogen-bond acceptors (Lipinski definition) is 2. The Morgan fingerprint density at radius 2 is 1.68 bits per heavy atom. The van der Waals surface area contributed by atoms with E-state index in [4.69, 9.17) is 0 Å². The van der Waals surface area contributed by atoms with Crippen molar-refractivity contribution in [1.29, 1.82) is 0 Å². The summed E-state index contributed by atoms with van der Waals surface area (Å²) in [7, 11) is 1.97. The van der Waals surface area contributed by atoms with E-state index in [9.17, 15) is 4.79 Å². The van der Waals surface area contributed by atoms with Crippen LogP contribution < -0.4 is 5.32 Å². The zero-order valence-electron chi connectivity index (χ0n) is 13.0. The molecule has 0 bridgehead atoms. The topological polar surface area (TPSA) is 32.3 Å². The van der Waals surface area contributed by atoms with E-state index in [1.165, 1.54) is 16.7 Å². The van der Waals surface area contributed by atoms with Gasteiger partial charge in [0.25, 0.3) is 0 Å². The molecule has 0 aliphatic carbocycles. The van der Waals surface area contributed by atoms with E-state index < -0.39 is 0 Å². The first kappa shape index (κ1) is 15.7. The number of amides is 1. The highest BCUT2D eigenvalue weighted by molar-refractivity contribution is 5.78. The molecule has 1 aromatic carbocycles. The number of likely N-dealkylation sites (N-methyl/N-ethyl adjacent to an activating group) is 1. The van der Waals surface area contributed by atoms with Crippen molar-refractivity contribution in [2.24, 2.45) is 0 Å². The first-order valence-electron chi connectivity index (χ1n) is 6.72. The summed E-state index contributed by atoms with van der Waals surface area (Å²) < 4.78 is 0. The third-order valence-electron chi connectivity index (χ3n) is 2.66. The van der Waals surface area contributed by atoms with Crippen molar-refractivity contribution in [3.63, 3.8) is 0 Å². The number of nitrogens with one attached hydrogen (secondary N) is 1. The van der Waals surface area contributed by atoms with E-state index in [0.717, 1.165) is 6.54 Å². The van der Waals surface area contributed by atoms with Crippen molar-refractivity contribution in [3.05, 3.63) is 34.9 Å². The number of hydrogen-bond donors (Lipinski definition) is 1. The molecule has 0 aliphatic heterocycles. The minimum atomic E-state index is -0.169. The van der Waals surface area contributed by atoms with Crippen LogP contribution in [0.4, 0.5) is 0 Å². The highest BCUT2D eigenvalue weighted by Crippen LogP contribution is 2.10. The predicted octanol–water partition coefficient (Wildman–Crippen LogP) is 2.65. The minimum Gasteiger partial charge on any atom is -0.350 e. The fourth-order valence-corrected chi connectivity index (χ4v) is 2.23. The molecule has 0 radical (unpaired) electrons. The van der Waals surface area contributed by atoms with Gasteiger partial charge < -0.3 is 5.32 Å². The lowest BCUT2D eigenvalue weighted by molar-refractivity contribution is -0.123. The van der Waals surface area contributed by atoms with E-state index in [1.807, 2.05) is 32.7 Å².